The minimum absolute atomic E-state index is 0.0238. The van der Waals surface area contributed by atoms with Gasteiger partial charge in [-0.3, -0.25) is 4.79 Å². The second-order valence-corrected chi connectivity index (χ2v) is 5.16. The number of carbonyl (C=O) groups excluding carboxylic acids is 1. The predicted molar refractivity (Wildman–Crippen MR) is 87.1 cm³/mol. The number of hydrogen-bond acceptors (Lipinski definition) is 2. The number of halogens is 2. The van der Waals surface area contributed by atoms with Gasteiger partial charge in [-0.2, -0.15) is 0 Å². The molecule has 1 rings (SSSR count). The minimum Gasteiger partial charge on any atom is -0.353 e. The summed E-state index contributed by atoms with van der Waals surface area (Å²) in [5, 5.41) is 6.01. The van der Waals surface area contributed by atoms with E-state index in [1.807, 2.05) is 0 Å². The van der Waals surface area contributed by atoms with E-state index in [1.165, 1.54) is 11.0 Å². The van der Waals surface area contributed by atoms with Crippen LogP contribution >= 0.6 is 0 Å². The molecule has 1 aromatic rings. The molecule has 126 valence electrons. The first-order valence-electron chi connectivity index (χ1n) is 7.16. The van der Waals surface area contributed by atoms with Gasteiger partial charge in [0.05, 0.1) is 6.04 Å². The van der Waals surface area contributed by atoms with Crippen molar-refractivity contribution >= 4 is 11.9 Å². The highest BCUT2D eigenvalue weighted by Crippen LogP contribution is 2.15. The van der Waals surface area contributed by atoms with Crippen LogP contribution in [0.1, 0.15) is 18.5 Å². The standard InChI is InChI=1S/C16H22F2N4O/c1-5-8-19-16(20-10-15(23)22(3)4)21-11(2)12-6-7-13(17)14(18)9-12/h5-7,9,11H,1,8,10H2,2-4H3,(H2,19,20,21). The Balaban J connectivity index is 2.82. The summed E-state index contributed by atoms with van der Waals surface area (Å²) < 4.78 is 26.3. The van der Waals surface area contributed by atoms with E-state index in [9.17, 15) is 13.6 Å². The van der Waals surface area contributed by atoms with Gasteiger partial charge < -0.3 is 15.5 Å². The van der Waals surface area contributed by atoms with Gasteiger partial charge in [-0.1, -0.05) is 12.1 Å². The van der Waals surface area contributed by atoms with Crippen LogP contribution in [0.2, 0.25) is 0 Å². The summed E-state index contributed by atoms with van der Waals surface area (Å²) in [4.78, 5) is 17.2. The van der Waals surface area contributed by atoms with Crippen molar-refractivity contribution in [3.63, 3.8) is 0 Å². The molecule has 0 spiro atoms. The predicted octanol–water partition coefficient (Wildman–Crippen LogP) is 1.84. The molecule has 0 radical (unpaired) electrons. The van der Waals surface area contributed by atoms with Crippen LogP contribution in [0.5, 0.6) is 0 Å². The molecule has 0 bridgehead atoms. The lowest BCUT2D eigenvalue weighted by Gasteiger charge is -2.18. The van der Waals surface area contributed by atoms with E-state index in [0.717, 1.165) is 12.1 Å². The molecule has 2 N–H and O–H groups in total. The van der Waals surface area contributed by atoms with Gasteiger partial charge in [0.15, 0.2) is 17.6 Å². The number of nitrogens with one attached hydrogen (secondary N) is 2. The smallest absolute Gasteiger partial charge is 0.243 e. The highest BCUT2D eigenvalue weighted by atomic mass is 19.2. The van der Waals surface area contributed by atoms with Crippen LogP contribution in [0.3, 0.4) is 0 Å². The van der Waals surface area contributed by atoms with Gasteiger partial charge in [-0.05, 0) is 24.6 Å². The van der Waals surface area contributed by atoms with Crippen molar-refractivity contribution in [2.75, 3.05) is 27.2 Å². The average molecular weight is 324 g/mol. The molecule has 0 saturated carbocycles. The van der Waals surface area contributed by atoms with Crippen LogP contribution < -0.4 is 10.6 Å². The van der Waals surface area contributed by atoms with Gasteiger partial charge in [0.2, 0.25) is 5.91 Å². The zero-order chi connectivity index (χ0) is 17.4. The maximum absolute atomic E-state index is 13.3. The van der Waals surface area contributed by atoms with Crippen LogP contribution in [-0.4, -0.2) is 44.0 Å². The number of rotatable bonds is 6. The van der Waals surface area contributed by atoms with Gasteiger partial charge in [-0.15, -0.1) is 6.58 Å². The van der Waals surface area contributed by atoms with E-state index in [1.54, 1.807) is 27.1 Å². The molecule has 23 heavy (non-hydrogen) atoms. The fourth-order valence-corrected chi connectivity index (χ4v) is 1.68. The first-order chi connectivity index (χ1) is 10.8. The van der Waals surface area contributed by atoms with Crippen molar-refractivity contribution in [1.29, 1.82) is 0 Å². The van der Waals surface area contributed by atoms with Crippen molar-refractivity contribution in [3.05, 3.63) is 48.1 Å². The van der Waals surface area contributed by atoms with Crippen LogP contribution in [-0.2, 0) is 4.79 Å². The van der Waals surface area contributed by atoms with Crippen LogP contribution in [0.4, 0.5) is 8.78 Å². The monoisotopic (exact) mass is 324 g/mol. The van der Waals surface area contributed by atoms with E-state index in [-0.39, 0.29) is 18.5 Å². The first kappa shape index (κ1) is 18.6. The Bertz CT molecular complexity index is 587. The third-order valence-electron chi connectivity index (χ3n) is 3.08. The molecule has 1 unspecified atom stereocenters. The molecule has 1 amide bonds. The summed E-state index contributed by atoms with van der Waals surface area (Å²) in [6, 6.07) is 3.37. The molecule has 0 aliphatic heterocycles. The Morgan fingerprint density at radius 2 is 2.09 bits per heavy atom. The summed E-state index contributed by atoms with van der Waals surface area (Å²) >= 11 is 0. The summed E-state index contributed by atoms with van der Waals surface area (Å²) in [5.74, 6) is -1.56. The Kier molecular flexibility index (Phi) is 7.18. The fraction of sp³-hybridized carbons (Fsp3) is 0.375. The van der Waals surface area contributed by atoms with Crippen molar-refractivity contribution in [3.8, 4) is 0 Å². The van der Waals surface area contributed by atoms with Crippen molar-refractivity contribution in [1.82, 2.24) is 15.5 Å². The van der Waals surface area contributed by atoms with E-state index < -0.39 is 11.6 Å². The SMILES string of the molecule is C=CCNC(=NCC(=O)N(C)C)NC(C)c1ccc(F)c(F)c1. The first-order valence-corrected chi connectivity index (χ1v) is 7.16. The van der Waals surface area contributed by atoms with E-state index in [2.05, 4.69) is 22.2 Å². The van der Waals surface area contributed by atoms with E-state index in [0.29, 0.717) is 18.1 Å². The lowest BCUT2D eigenvalue weighted by atomic mass is 10.1. The fourth-order valence-electron chi connectivity index (χ4n) is 1.68. The minimum atomic E-state index is -0.906. The number of amides is 1. The molecule has 0 aromatic heterocycles. The van der Waals surface area contributed by atoms with Gasteiger partial charge in [0, 0.05) is 20.6 Å². The summed E-state index contributed by atoms with van der Waals surface area (Å²) in [5.41, 5.74) is 0.566. The Hall–Kier alpha value is -2.44. The third-order valence-corrected chi connectivity index (χ3v) is 3.08. The Morgan fingerprint density at radius 1 is 1.39 bits per heavy atom. The van der Waals surface area contributed by atoms with Crippen molar-refractivity contribution in [2.45, 2.75) is 13.0 Å². The topological polar surface area (TPSA) is 56.7 Å². The molecule has 1 aromatic carbocycles. The Labute approximate surface area is 135 Å². The second kappa shape index (κ2) is 8.87. The largest absolute Gasteiger partial charge is 0.353 e. The zero-order valence-electron chi connectivity index (χ0n) is 13.6. The molecular weight excluding hydrogens is 302 g/mol. The molecule has 5 nitrogen and oxygen atoms in total. The molecule has 0 aliphatic rings. The number of carbonyl (C=O) groups is 1. The van der Waals surface area contributed by atoms with Gasteiger partial charge in [0.1, 0.15) is 6.54 Å². The van der Waals surface area contributed by atoms with Crippen LogP contribution in [0, 0.1) is 11.6 Å². The lowest BCUT2D eigenvalue weighted by Crippen LogP contribution is -2.40. The summed E-state index contributed by atoms with van der Waals surface area (Å²) in [7, 11) is 3.29. The van der Waals surface area contributed by atoms with Crippen LogP contribution in [0.15, 0.2) is 35.8 Å². The molecule has 1 atom stereocenters. The molecule has 0 heterocycles. The number of guanidine groups is 1. The van der Waals surface area contributed by atoms with E-state index in [4.69, 9.17) is 0 Å². The molecule has 0 saturated heterocycles. The van der Waals surface area contributed by atoms with Crippen molar-refractivity contribution in [2.24, 2.45) is 4.99 Å². The quantitative estimate of drug-likeness (QED) is 0.477. The second-order valence-electron chi connectivity index (χ2n) is 5.16. The molecule has 0 fully saturated rings. The van der Waals surface area contributed by atoms with Gasteiger partial charge in [0.25, 0.3) is 0 Å². The molecule has 0 aliphatic carbocycles. The van der Waals surface area contributed by atoms with Gasteiger partial charge >= 0.3 is 0 Å². The van der Waals surface area contributed by atoms with Crippen molar-refractivity contribution < 1.29 is 13.6 Å². The normalized spacial score (nSPS) is 12.5. The number of benzene rings is 1. The maximum atomic E-state index is 13.3. The lowest BCUT2D eigenvalue weighted by molar-refractivity contribution is -0.127. The molecular formula is C16H22F2N4O. The average Bonchev–Trinajstić information content (AvgIpc) is 2.51. The maximum Gasteiger partial charge on any atom is 0.243 e. The number of hydrogen-bond donors (Lipinski definition) is 2. The highest BCUT2D eigenvalue weighted by Gasteiger charge is 2.11. The highest BCUT2D eigenvalue weighted by molar-refractivity contribution is 5.85. The number of likely N-dealkylation sites (N-methyl/N-ethyl adjacent to an activating group) is 1. The zero-order valence-corrected chi connectivity index (χ0v) is 13.6. The van der Waals surface area contributed by atoms with Gasteiger partial charge in [-0.25, -0.2) is 13.8 Å². The Morgan fingerprint density at radius 3 is 2.65 bits per heavy atom. The number of aliphatic imine (C=N–C) groups is 1. The summed E-state index contributed by atoms with van der Waals surface area (Å²) in [6.45, 7) is 5.81. The summed E-state index contributed by atoms with van der Waals surface area (Å²) in [6.07, 6.45) is 1.65. The third kappa shape index (κ3) is 6.06. The molecule has 7 heteroatoms. The van der Waals surface area contributed by atoms with E-state index >= 15 is 0 Å². The number of nitrogens with zero attached hydrogens (tertiary/aromatic N) is 2. The van der Waals surface area contributed by atoms with Crippen LogP contribution in [0.25, 0.3) is 0 Å².